The molecule has 0 amide bonds. The highest BCUT2D eigenvalue weighted by molar-refractivity contribution is 6.31. The van der Waals surface area contributed by atoms with Crippen molar-refractivity contribution in [2.24, 2.45) is 5.92 Å². The van der Waals surface area contributed by atoms with Gasteiger partial charge in [0.25, 0.3) is 0 Å². The highest BCUT2D eigenvalue weighted by Crippen LogP contribution is 2.31. The third-order valence-electron chi connectivity index (χ3n) is 4.07. The standard InChI is InChI=1S/C17H22ClNO2/c1-2-6-19-15(8-12-5-7-20-11-12)17-10-13-9-14(18)3-4-16(13)21-17/h3-4,9-10,12,15,19H,2,5-8,11H2,1H3. The minimum absolute atomic E-state index is 0.253. The van der Waals surface area contributed by atoms with Crippen molar-refractivity contribution in [1.29, 1.82) is 0 Å². The van der Waals surface area contributed by atoms with Gasteiger partial charge in [0.1, 0.15) is 11.3 Å². The van der Waals surface area contributed by atoms with Crippen LogP contribution >= 0.6 is 11.6 Å². The Bertz CT molecular complexity index is 589. The Morgan fingerprint density at radius 3 is 3.05 bits per heavy atom. The predicted octanol–water partition coefficient (Wildman–Crippen LogP) is 4.55. The zero-order chi connectivity index (χ0) is 14.7. The smallest absolute Gasteiger partial charge is 0.134 e. The van der Waals surface area contributed by atoms with Crippen LogP contribution in [-0.4, -0.2) is 19.8 Å². The molecule has 1 fully saturated rings. The molecule has 1 aliphatic heterocycles. The first-order valence-corrected chi connectivity index (χ1v) is 8.14. The van der Waals surface area contributed by atoms with Crippen molar-refractivity contribution in [2.75, 3.05) is 19.8 Å². The van der Waals surface area contributed by atoms with Crippen LogP contribution in [0.5, 0.6) is 0 Å². The highest BCUT2D eigenvalue weighted by Gasteiger charge is 2.23. The van der Waals surface area contributed by atoms with Crippen LogP contribution in [0.25, 0.3) is 11.0 Å². The Morgan fingerprint density at radius 1 is 1.38 bits per heavy atom. The van der Waals surface area contributed by atoms with E-state index < -0.39 is 0 Å². The predicted molar refractivity (Wildman–Crippen MR) is 85.8 cm³/mol. The molecule has 1 saturated heterocycles. The van der Waals surface area contributed by atoms with E-state index in [1.165, 1.54) is 0 Å². The molecule has 2 heterocycles. The van der Waals surface area contributed by atoms with Crippen molar-refractivity contribution in [3.8, 4) is 0 Å². The fourth-order valence-corrected chi connectivity index (χ4v) is 3.11. The van der Waals surface area contributed by atoms with E-state index >= 15 is 0 Å². The molecule has 4 heteroatoms. The molecule has 1 aromatic carbocycles. The first-order valence-electron chi connectivity index (χ1n) is 7.76. The van der Waals surface area contributed by atoms with Gasteiger partial charge in [-0.2, -0.15) is 0 Å². The Balaban J connectivity index is 1.81. The average Bonchev–Trinajstić information content (AvgIpc) is 3.11. The summed E-state index contributed by atoms with van der Waals surface area (Å²) in [5.74, 6) is 1.63. The summed E-state index contributed by atoms with van der Waals surface area (Å²) in [7, 11) is 0. The molecule has 2 atom stereocenters. The van der Waals surface area contributed by atoms with Crippen LogP contribution in [0.4, 0.5) is 0 Å². The van der Waals surface area contributed by atoms with Crippen LogP contribution in [0, 0.1) is 5.92 Å². The van der Waals surface area contributed by atoms with Gasteiger partial charge >= 0.3 is 0 Å². The second-order valence-electron chi connectivity index (χ2n) is 5.80. The van der Waals surface area contributed by atoms with E-state index in [0.29, 0.717) is 5.92 Å². The van der Waals surface area contributed by atoms with Gasteiger partial charge < -0.3 is 14.5 Å². The van der Waals surface area contributed by atoms with Crippen molar-refractivity contribution in [3.63, 3.8) is 0 Å². The summed E-state index contributed by atoms with van der Waals surface area (Å²) in [5.41, 5.74) is 0.903. The SMILES string of the molecule is CCCNC(CC1CCOC1)c1cc2cc(Cl)ccc2o1. The van der Waals surface area contributed by atoms with Crippen LogP contribution in [-0.2, 0) is 4.74 Å². The number of hydrogen-bond acceptors (Lipinski definition) is 3. The largest absolute Gasteiger partial charge is 0.459 e. The number of ether oxygens (including phenoxy) is 1. The Morgan fingerprint density at radius 2 is 2.29 bits per heavy atom. The molecule has 114 valence electrons. The summed E-state index contributed by atoms with van der Waals surface area (Å²) < 4.78 is 11.5. The monoisotopic (exact) mass is 307 g/mol. The molecule has 3 nitrogen and oxygen atoms in total. The van der Waals surface area contributed by atoms with E-state index in [4.69, 9.17) is 20.8 Å². The van der Waals surface area contributed by atoms with Crippen LogP contribution in [0.1, 0.15) is 38.0 Å². The third-order valence-corrected chi connectivity index (χ3v) is 4.31. The number of hydrogen-bond donors (Lipinski definition) is 1. The van der Waals surface area contributed by atoms with E-state index in [0.717, 1.165) is 60.8 Å². The van der Waals surface area contributed by atoms with Crippen molar-refractivity contribution in [1.82, 2.24) is 5.32 Å². The molecule has 0 spiro atoms. The Hall–Kier alpha value is -1.03. The van der Waals surface area contributed by atoms with E-state index in [9.17, 15) is 0 Å². The molecule has 0 radical (unpaired) electrons. The lowest BCUT2D eigenvalue weighted by atomic mass is 9.97. The third kappa shape index (κ3) is 3.60. The normalized spacial score (nSPS) is 20.2. The molecule has 2 unspecified atom stereocenters. The zero-order valence-corrected chi connectivity index (χ0v) is 13.2. The molecule has 3 rings (SSSR count). The van der Waals surface area contributed by atoms with Crippen molar-refractivity contribution >= 4 is 22.6 Å². The molecule has 1 N–H and O–H groups in total. The second-order valence-corrected chi connectivity index (χ2v) is 6.24. The molecule has 21 heavy (non-hydrogen) atoms. The van der Waals surface area contributed by atoms with E-state index in [1.54, 1.807) is 0 Å². The Labute approximate surface area is 130 Å². The van der Waals surface area contributed by atoms with Crippen molar-refractivity contribution in [3.05, 3.63) is 35.0 Å². The summed E-state index contributed by atoms with van der Waals surface area (Å²) in [6.45, 7) is 4.94. The fourth-order valence-electron chi connectivity index (χ4n) is 2.93. The molecule has 0 bridgehead atoms. The summed E-state index contributed by atoms with van der Waals surface area (Å²) in [6, 6.07) is 8.14. The molecule has 1 aromatic heterocycles. The van der Waals surface area contributed by atoms with Gasteiger partial charge in [0.05, 0.1) is 6.04 Å². The van der Waals surface area contributed by atoms with E-state index in [1.807, 2.05) is 18.2 Å². The van der Waals surface area contributed by atoms with Crippen LogP contribution in [0.15, 0.2) is 28.7 Å². The van der Waals surface area contributed by atoms with Crippen molar-refractivity contribution < 1.29 is 9.15 Å². The lowest BCUT2D eigenvalue weighted by molar-refractivity contribution is 0.180. The van der Waals surface area contributed by atoms with Gasteiger partial charge in [-0.25, -0.2) is 0 Å². The summed E-state index contributed by atoms with van der Waals surface area (Å²) in [4.78, 5) is 0. The summed E-state index contributed by atoms with van der Waals surface area (Å²) in [6.07, 6.45) is 3.33. The minimum Gasteiger partial charge on any atom is -0.459 e. The molecule has 0 saturated carbocycles. The van der Waals surface area contributed by atoms with Crippen molar-refractivity contribution in [2.45, 2.75) is 32.2 Å². The van der Waals surface area contributed by atoms with Crippen LogP contribution in [0.3, 0.4) is 0 Å². The molecular formula is C17H22ClNO2. The fraction of sp³-hybridized carbons (Fsp3) is 0.529. The van der Waals surface area contributed by atoms with Crippen LogP contribution < -0.4 is 5.32 Å². The lowest BCUT2D eigenvalue weighted by Gasteiger charge is -2.19. The van der Waals surface area contributed by atoms with Gasteiger partial charge in [-0.05, 0) is 56.0 Å². The molecule has 2 aromatic rings. The number of nitrogens with one attached hydrogen (secondary N) is 1. The van der Waals surface area contributed by atoms with Gasteiger partial charge in [0, 0.05) is 23.6 Å². The average molecular weight is 308 g/mol. The van der Waals surface area contributed by atoms with Gasteiger partial charge in [-0.15, -0.1) is 0 Å². The van der Waals surface area contributed by atoms with Gasteiger partial charge in [-0.3, -0.25) is 0 Å². The minimum atomic E-state index is 0.253. The first-order chi connectivity index (χ1) is 10.3. The summed E-state index contributed by atoms with van der Waals surface area (Å²) >= 11 is 6.05. The highest BCUT2D eigenvalue weighted by atomic mass is 35.5. The number of fused-ring (bicyclic) bond motifs is 1. The van der Waals surface area contributed by atoms with E-state index in [2.05, 4.69) is 18.3 Å². The number of furan rings is 1. The quantitative estimate of drug-likeness (QED) is 0.850. The first kappa shape index (κ1) is 14.9. The maximum absolute atomic E-state index is 6.05. The van der Waals surface area contributed by atoms with Gasteiger partial charge in [0.2, 0.25) is 0 Å². The summed E-state index contributed by atoms with van der Waals surface area (Å²) in [5, 5.41) is 5.43. The second kappa shape index (κ2) is 6.82. The van der Waals surface area contributed by atoms with Gasteiger partial charge in [-0.1, -0.05) is 18.5 Å². The van der Waals surface area contributed by atoms with Gasteiger partial charge in [0.15, 0.2) is 0 Å². The maximum Gasteiger partial charge on any atom is 0.134 e. The number of benzene rings is 1. The molecule has 1 aliphatic rings. The van der Waals surface area contributed by atoms with Crippen LogP contribution in [0.2, 0.25) is 5.02 Å². The topological polar surface area (TPSA) is 34.4 Å². The molecule has 0 aliphatic carbocycles. The molecular weight excluding hydrogens is 286 g/mol. The van der Waals surface area contributed by atoms with E-state index in [-0.39, 0.29) is 6.04 Å². The lowest BCUT2D eigenvalue weighted by Crippen LogP contribution is -2.24. The Kier molecular flexibility index (Phi) is 4.84. The number of rotatable bonds is 6. The zero-order valence-electron chi connectivity index (χ0n) is 12.4. The maximum atomic E-state index is 6.05. The number of halogens is 1.